The highest BCUT2D eigenvalue weighted by Crippen LogP contribution is 2.23. The van der Waals surface area contributed by atoms with E-state index in [0.717, 1.165) is 12.8 Å². The van der Waals surface area contributed by atoms with Crippen LogP contribution >= 0.6 is 0 Å². The fourth-order valence-electron chi connectivity index (χ4n) is 1.10. The van der Waals surface area contributed by atoms with Crippen molar-refractivity contribution < 1.29 is 4.79 Å². The normalized spacial score (nSPS) is 17.7. The summed E-state index contributed by atoms with van der Waals surface area (Å²) in [7, 11) is 1.84. The minimum Gasteiger partial charge on any atom is -0.339 e. The molecular formula is C8H13NO. The van der Waals surface area contributed by atoms with Crippen LogP contribution in [-0.2, 0) is 4.79 Å². The summed E-state index contributed by atoms with van der Waals surface area (Å²) in [6.45, 7) is 3.43. The van der Waals surface area contributed by atoms with Gasteiger partial charge in [-0.05, 0) is 25.3 Å². The Labute approximate surface area is 61.5 Å². The maximum Gasteiger partial charge on any atom is 0.245 e. The SMILES string of the molecule is C=CC(=O)N(C)C1CCC1. The third kappa shape index (κ3) is 1.20. The highest BCUT2D eigenvalue weighted by atomic mass is 16.2. The summed E-state index contributed by atoms with van der Waals surface area (Å²) < 4.78 is 0. The van der Waals surface area contributed by atoms with Gasteiger partial charge in [-0.15, -0.1) is 0 Å². The van der Waals surface area contributed by atoms with Crippen molar-refractivity contribution in [2.45, 2.75) is 25.3 Å². The topological polar surface area (TPSA) is 20.3 Å². The molecule has 2 heteroatoms. The number of likely N-dealkylation sites (N-methyl/N-ethyl adjacent to an activating group) is 1. The van der Waals surface area contributed by atoms with Crippen molar-refractivity contribution in [3.8, 4) is 0 Å². The second-order valence-corrected chi connectivity index (χ2v) is 2.74. The van der Waals surface area contributed by atoms with Crippen molar-refractivity contribution in [3.05, 3.63) is 12.7 Å². The predicted octanol–water partition coefficient (Wildman–Crippen LogP) is 1.18. The quantitative estimate of drug-likeness (QED) is 0.526. The molecule has 1 aliphatic rings. The number of hydrogen-bond donors (Lipinski definition) is 0. The van der Waals surface area contributed by atoms with Crippen LogP contribution in [0.4, 0.5) is 0 Å². The van der Waals surface area contributed by atoms with Gasteiger partial charge in [0.15, 0.2) is 0 Å². The van der Waals surface area contributed by atoms with Crippen LogP contribution < -0.4 is 0 Å². The molecule has 0 aromatic rings. The van der Waals surface area contributed by atoms with Crippen molar-refractivity contribution in [1.29, 1.82) is 0 Å². The smallest absolute Gasteiger partial charge is 0.245 e. The summed E-state index contributed by atoms with van der Waals surface area (Å²) in [4.78, 5) is 12.7. The van der Waals surface area contributed by atoms with Crippen LogP contribution in [0, 0.1) is 0 Å². The molecule has 0 bridgehead atoms. The van der Waals surface area contributed by atoms with Crippen molar-refractivity contribution in [2.24, 2.45) is 0 Å². The van der Waals surface area contributed by atoms with Crippen LogP contribution in [0.15, 0.2) is 12.7 Å². The molecule has 1 rings (SSSR count). The third-order valence-electron chi connectivity index (χ3n) is 2.14. The van der Waals surface area contributed by atoms with Crippen LogP contribution in [-0.4, -0.2) is 23.9 Å². The van der Waals surface area contributed by atoms with Gasteiger partial charge in [-0.2, -0.15) is 0 Å². The molecule has 0 unspecified atom stereocenters. The minimum atomic E-state index is 0.0460. The number of carbonyl (C=O) groups excluding carboxylic acids is 1. The van der Waals surface area contributed by atoms with Gasteiger partial charge in [0.2, 0.25) is 5.91 Å². The molecule has 56 valence electrons. The number of amides is 1. The van der Waals surface area contributed by atoms with E-state index in [9.17, 15) is 4.79 Å². The maximum absolute atomic E-state index is 11.0. The van der Waals surface area contributed by atoms with E-state index in [1.165, 1.54) is 12.5 Å². The van der Waals surface area contributed by atoms with Gasteiger partial charge in [-0.3, -0.25) is 4.79 Å². The maximum atomic E-state index is 11.0. The van der Waals surface area contributed by atoms with Crippen molar-refractivity contribution in [3.63, 3.8) is 0 Å². The van der Waals surface area contributed by atoms with Crippen LogP contribution in [0.3, 0.4) is 0 Å². The summed E-state index contributed by atoms with van der Waals surface area (Å²) in [5.74, 6) is 0.0460. The average molecular weight is 139 g/mol. The van der Waals surface area contributed by atoms with E-state index in [4.69, 9.17) is 0 Å². The van der Waals surface area contributed by atoms with Gasteiger partial charge < -0.3 is 4.90 Å². The molecule has 10 heavy (non-hydrogen) atoms. The first kappa shape index (κ1) is 7.32. The minimum absolute atomic E-state index is 0.0460. The fourth-order valence-corrected chi connectivity index (χ4v) is 1.10. The predicted molar refractivity (Wildman–Crippen MR) is 40.6 cm³/mol. The Kier molecular flexibility index (Phi) is 2.10. The van der Waals surface area contributed by atoms with Crippen molar-refractivity contribution in [1.82, 2.24) is 4.90 Å². The van der Waals surface area contributed by atoms with Gasteiger partial charge in [0.1, 0.15) is 0 Å². The molecular weight excluding hydrogens is 126 g/mol. The highest BCUT2D eigenvalue weighted by molar-refractivity contribution is 5.87. The largest absolute Gasteiger partial charge is 0.339 e. The van der Waals surface area contributed by atoms with Gasteiger partial charge in [0.05, 0.1) is 0 Å². The zero-order chi connectivity index (χ0) is 7.56. The molecule has 0 radical (unpaired) electrons. The summed E-state index contributed by atoms with van der Waals surface area (Å²) in [6, 6.07) is 0.491. The van der Waals surface area contributed by atoms with Crippen LogP contribution in [0.1, 0.15) is 19.3 Å². The zero-order valence-corrected chi connectivity index (χ0v) is 6.34. The lowest BCUT2D eigenvalue weighted by atomic mass is 9.92. The van der Waals surface area contributed by atoms with E-state index in [2.05, 4.69) is 6.58 Å². The summed E-state index contributed by atoms with van der Waals surface area (Å²) >= 11 is 0. The lowest BCUT2D eigenvalue weighted by Crippen LogP contribution is -2.40. The molecule has 1 fully saturated rings. The fraction of sp³-hybridized carbons (Fsp3) is 0.625. The Hall–Kier alpha value is -0.790. The van der Waals surface area contributed by atoms with Crippen molar-refractivity contribution >= 4 is 5.91 Å². The number of rotatable bonds is 2. The molecule has 0 aliphatic heterocycles. The summed E-state index contributed by atoms with van der Waals surface area (Å²) in [6.07, 6.45) is 4.96. The first-order valence-corrected chi connectivity index (χ1v) is 3.65. The lowest BCUT2D eigenvalue weighted by Gasteiger charge is -2.33. The van der Waals surface area contributed by atoms with Crippen LogP contribution in [0.5, 0.6) is 0 Å². The lowest BCUT2D eigenvalue weighted by molar-refractivity contribution is -0.128. The first-order chi connectivity index (χ1) is 4.75. The first-order valence-electron chi connectivity index (χ1n) is 3.65. The molecule has 1 aliphatic carbocycles. The number of hydrogen-bond acceptors (Lipinski definition) is 1. The summed E-state index contributed by atoms with van der Waals surface area (Å²) in [5.41, 5.74) is 0. The molecule has 2 nitrogen and oxygen atoms in total. The van der Waals surface area contributed by atoms with Gasteiger partial charge in [0, 0.05) is 13.1 Å². The Bertz CT molecular complexity index is 149. The van der Waals surface area contributed by atoms with Crippen LogP contribution in [0.25, 0.3) is 0 Å². The van der Waals surface area contributed by atoms with Gasteiger partial charge in [-0.25, -0.2) is 0 Å². The molecule has 0 N–H and O–H groups in total. The van der Waals surface area contributed by atoms with Crippen molar-refractivity contribution in [2.75, 3.05) is 7.05 Å². The Morgan fingerprint density at radius 1 is 1.70 bits per heavy atom. The average Bonchev–Trinajstić information content (AvgIpc) is 1.82. The second kappa shape index (κ2) is 2.86. The zero-order valence-electron chi connectivity index (χ0n) is 6.34. The highest BCUT2D eigenvalue weighted by Gasteiger charge is 2.23. The second-order valence-electron chi connectivity index (χ2n) is 2.74. The van der Waals surface area contributed by atoms with Gasteiger partial charge in [-0.1, -0.05) is 6.58 Å². The Balaban J connectivity index is 2.38. The molecule has 0 saturated heterocycles. The van der Waals surface area contributed by atoms with E-state index < -0.39 is 0 Å². The molecule has 1 amide bonds. The standard InChI is InChI=1S/C8H13NO/c1-3-8(10)9(2)7-5-4-6-7/h3,7H,1,4-6H2,2H3. The van der Waals surface area contributed by atoms with E-state index in [1.807, 2.05) is 7.05 Å². The molecule has 0 atom stereocenters. The number of carbonyl (C=O) groups is 1. The molecule has 0 heterocycles. The Morgan fingerprint density at radius 2 is 2.30 bits per heavy atom. The molecule has 0 aromatic heterocycles. The van der Waals surface area contributed by atoms with Gasteiger partial charge in [0.25, 0.3) is 0 Å². The van der Waals surface area contributed by atoms with Crippen LogP contribution in [0.2, 0.25) is 0 Å². The van der Waals surface area contributed by atoms with Gasteiger partial charge >= 0.3 is 0 Å². The molecule has 1 saturated carbocycles. The van der Waals surface area contributed by atoms with E-state index >= 15 is 0 Å². The monoisotopic (exact) mass is 139 g/mol. The Morgan fingerprint density at radius 3 is 2.60 bits per heavy atom. The van der Waals surface area contributed by atoms with E-state index in [0.29, 0.717) is 6.04 Å². The molecule has 0 aromatic carbocycles. The number of nitrogens with zero attached hydrogens (tertiary/aromatic N) is 1. The molecule has 0 spiro atoms. The van der Waals surface area contributed by atoms with E-state index in [-0.39, 0.29) is 5.91 Å². The van der Waals surface area contributed by atoms with E-state index in [1.54, 1.807) is 4.90 Å². The summed E-state index contributed by atoms with van der Waals surface area (Å²) in [5, 5.41) is 0. The third-order valence-corrected chi connectivity index (χ3v) is 2.14.